The van der Waals surface area contributed by atoms with Gasteiger partial charge >= 0.3 is 5.97 Å². The molecule has 2 aliphatic rings. The van der Waals surface area contributed by atoms with E-state index in [1.165, 1.54) is 11.8 Å². The summed E-state index contributed by atoms with van der Waals surface area (Å²) < 4.78 is 11.6. The molecular weight excluding hydrogens is 428 g/mol. The van der Waals surface area contributed by atoms with Gasteiger partial charge in [-0.15, -0.1) is 11.8 Å². The molecule has 0 bridgehead atoms. The van der Waals surface area contributed by atoms with Crippen LogP contribution in [0.25, 0.3) is 10.9 Å². The molecule has 0 fully saturated rings. The van der Waals surface area contributed by atoms with Gasteiger partial charge in [0.25, 0.3) is 5.91 Å². The number of para-hydroxylation sites is 2. The molecule has 1 atom stereocenters. The zero-order chi connectivity index (χ0) is 22.1. The van der Waals surface area contributed by atoms with Crippen LogP contribution in [-0.4, -0.2) is 47.0 Å². The standard InChI is InChI=1S/C24H22N2O5S/c27-22(28)13-32-23-16-4-3-5-18(16)26-19-10-14(8-9-17(19)23)24(29)25-11-15-12-30-20-6-1-2-7-21(20)31-15/h1-2,6-10,15H,3-5,11-13H2,(H,25,29)(H,27,28). The van der Waals surface area contributed by atoms with E-state index in [0.717, 1.165) is 46.3 Å². The Bertz CT molecular complexity index is 1210. The fourth-order valence-corrected chi connectivity index (χ4v) is 5.12. The largest absolute Gasteiger partial charge is 0.486 e. The van der Waals surface area contributed by atoms with Gasteiger partial charge in [-0.25, -0.2) is 0 Å². The minimum Gasteiger partial charge on any atom is -0.486 e. The number of hydrogen-bond donors (Lipinski definition) is 2. The second-order valence-corrected chi connectivity index (χ2v) is 8.83. The number of aryl methyl sites for hydroxylation is 1. The molecule has 1 aromatic heterocycles. The molecule has 2 N–H and O–H groups in total. The van der Waals surface area contributed by atoms with E-state index in [0.29, 0.717) is 30.2 Å². The number of carboxylic acid groups (broad SMARTS) is 1. The summed E-state index contributed by atoms with van der Waals surface area (Å²) in [5.41, 5.74) is 3.39. The van der Waals surface area contributed by atoms with Crippen molar-refractivity contribution in [3.05, 3.63) is 59.3 Å². The molecule has 1 aliphatic heterocycles. The monoisotopic (exact) mass is 450 g/mol. The van der Waals surface area contributed by atoms with Crippen LogP contribution in [0.4, 0.5) is 0 Å². The maximum Gasteiger partial charge on any atom is 0.313 e. The van der Waals surface area contributed by atoms with Gasteiger partial charge in [0, 0.05) is 21.5 Å². The molecule has 1 amide bonds. The van der Waals surface area contributed by atoms with Gasteiger partial charge in [-0.1, -0.05) is 18.2 Å². The molecule has 32 heavy (non-hydrogen) atoms. The van der Waals surface area contributed by atoms with Crippen molar-refractivity contribution in [3.63, 3.8) is 0 Å². The fraction of sp³-hybridized carbons (Fsp3) is 0.292. The van der Waals surface area contributed by atoms with E-state index >= 15 is 0 Å². The third-order valence-electron chi connectivity index (χ3n) is 5.62. The Hall–Kier alpha value is -3.26. The van der Waals surface area contributed by atoms with Crippen LogP contribution in [0.2, 0.25) is 0 Å². The van der Waals surface area contributed by atoms with Crippen molar-refractivity contribution in [2.45, 2.75) is 30.3 Å². The average molecular weight is 451 g/mol. The third-order valence-corrected chi connectivity index (χ3v) is 6.77. The SMILES string of the molecule is O=C(O)CSc1c2c(nc3cc(C(=O)NCC4COc5ccccc5O4)ccc13)CCC2. The molecule has 2 aromatic carbocycles. The highest BCUT2D eigenvalue weighted by Crippen LogP contribution is 2.37. The molecule has 0 saturated heterocycles. The lowest BCUT2D eigenvalue weighted by atomic mass is 10.1. The Morgan fingerprint density at radius 3 is 2.84 bits per heavy atom. The minimum absolute atomic E-state index is 0.000376. The Kier molecular flexibility index (Phi) is 5.61. The summed E-state index contributed by atoms with van der Waals surface area (Å²) in [6.45, 7) is 0.690. The number of nitrogens with one attached hydrogen (secondary N) is 1. The Morgan fingerprint density at radius 2 is 2.00 bits per heavy atom. The van der Waals surface area contributed by atoms with Gasteiger partial charge in [-0.3, -0.25) is 14.6 Å². The smallest absolute Gasteiger partial charge is 0.313 e. The number of benzene rings is 2. The van der Waals surface area contributed by atoms with Crippen molar-refractivity contribution in [1.82, 2.24) is 10.3 Å². The molecular formula is C24H22N2O5S. The topological polar surface area (TPSA) is 97.8 Å². The van der Waals surface area contributed by atoms with Crippen molar-refractivity contribution >= 4 is 34.5 Å². The molecule has 164 valence electrons. The first-order valence-corrected chi connectivity index (χ1v) is 11.5. The molecule has 7 nitrogen and oxygen atoms in total. The summed E-state index contributed by atoms with van der Waals surface area (Å²) >= 11 is 1.33. The van der Waals surface area contributed by atoms with Gasteiger partial charge in [0.15, 0.2) is 11.5 Å². The van der Waals surface area contributed by atoms with Crippen molar-refractivity contribution in [1.29, 1.82) is 0 Å². The van der Waals surface area contributed by atoms with E-state index in [2.05, 4.69) is 5.32 Å². The zero-order valence-electron chi connectivity index (χ0n) is 17.3. The molecule has 3 aromatic rings. The zero-order valence-corrected chi connectivity index (χ0v) is 18.1. The average Bonchev–Trinajstić information content (AvgIpc) is 3.27. The number of pyridine rings is 1. The predicted molar refractivity (Wildman–Crippen MR) is 121 cm³/mol. The number of fused-ring (bicyclic) bond motifs is 3. The van der Waals surface area contributed by atoms with E-state index in [1.54, 1.807) is 12.1 Å². The van der Waals surface area contributed by atoms with E-state index in [9.17, 15) is 9.59 Å². The number of carbonyl (C=O) groups is 2. The molecule has 2 heterocycles. The predicted octanol–water partition coefficient (Wildman–Crippen LogP) is 3.47. The van der Waals surface area contributed by atoms with E-state index < -0.39 is 5.97 Å². The number of aromatic nitrogens is 1. The Balaban J connectivity index is 1.33. The van der Waals surface area contributed by atoms with Crippen LogP contribution in [0.3, 0.4) is 0 Å². The van der Waals surface area contributed by atoms with E-state index in [1.807, 2.05) is 30.3 Å². The molecule has 0 radical (unpaired) electrons. The van der Waals surface area contributed by atoms with Crippen LogP contribution in [-0.2, 0) is 17.6 Å². The minimum atomic E-state index is -0.848. The summed E-state index contributed by atoms with van der Waals surface area (Å²) in [5.74, 6) is 0.323. The highest BCUT2D eigenvalue weighted by atomic mass is 32.2. The van der Waals surface area contributed by atoms with Gasteiger partial charge in [0.1, 0.15) is 12.7 Å². The Morgan fingerprint density at radius 1 is 1.16 bits per heavy atom. The number of aliphatic carboxylic acids is 1. The number of amides is 1. The second kappa shape index (κ2) is 8.70. The summed E-state index contributed by atoms with van der Waals surface area (Å²) in [6, 6.07) is 12.9. The fourth-order valence-electron chi connectivity index (χ4n) is 4.13. The van der Waals surface area contributed by atoms with Crippen molar-refractivity contribution in [2.24, 2.45) is 0 Å². The summed E-state index contributed by atoms with van der Waals surface area (Å²) in [5, 5.41) is 12.9. The van der Waals surface area contributed by atoms with Crippen LogP contribution >= 0.6 is 11.8 Å². The van der Waals surface area contributed by atoms with Crippen LogP contribution in [0.15, 0.2) is 47.4 Å². The number of carboxylic acids is 1. The number of ether oxygens (including phenoxy) is 2. The maximum atomic E-state index is 12.8. The van der Waals surface area contributed by atoms with Gasteiger partial charge < -0.3 is 19.9 Å². The van der Waals surface area contributed by atoms with Gasteiger partial charge in [-0.2, -0.15) is 0 Å². The maximum absolute atomic E-state index is 12.8. The highest BCUT2D eigenvalue weighted by molar-refractivity contribution is 8.00. The van der Waals surface area contributed by atoms with Gasteiger partial charge in [0.05, 0.1) is 17.8 Å². The van der Waals surface area contributed by atoms with Crippen molar-refractivity contribution < 1.29 is 24.2 Å². The van der Waals surface area contributed by atoms with Gasteiger partial charge in [0.2, 0.25) is 0 Å². The lowest BCUT2D eigenvalue weighted by Crippen LogP contribution is -2.40. The molecule has 0 spiro atoms. The normalized spacial score (nSPS) is 16.6. The Labute approximate surface area is 189 Å². The van der Waals surface area contributed by atoms with Crippen LogP contribution < -0.4 is 14.8 Å². The first-order chi connectivity index (χ1) is 15.6. The summed E-state index contributed by atoms with van der Waals surface area (Å²) in [7, 11) is 0. The lowest BCUT2D eigenvalue weighted by Gasteiger charge is -2.26. The molecule has 1 unspecified atom stereocenters. The molecule has 0 saturated carbocycles. The third kappa shape index (κ3) is 4.10. The van der Waals surface area contributed by atoms with Crippen LogP contribution in [0, 0.1) is 0 Å². The van der Waals surface area contributed by atoms with Crippen molar-refractivity contribution in [2.75, 3.05) is 18.9 Å². The quantitative estimate of drug-likeness (QED) is 0.555. The van der Waals surface area contributed by atoms with E-state index in [-0.39, 0.29) is 17.8 Å². The number of rotatable bonds is 6. The molecule has 5 rings (SSSR count). The summed E-state index contributed by atoms with van der Waals surface area (Å²) in [6.07, 6.45) is 2.53. The summed E-state index contributed by atoms with van der Waals surface area (Å²) in [4.78, 5) is 29.7. The molecule has 1 aliphatic carbocycles. The van der Waals surface area contributed by atoms with Crippen LogP contribution in [0.1, 0.15) is 28.0 Å². The molecule has 8 heteroatoms. The number of thioether (sulfide) groups is 1. The first-order valence-electron chi connectivity index (χ1n) is 10.6. The number of hydrogen-bond acceptors (Lipinski definition) is 6. The lowest BCUT2D eigenvalue weighted by molar-refractivity contribution is -0.133. The number of nitrogens with zero attached hydrogens (tertiary/aromatic N) is 1. The second-order valence-electron chi connectivity index (χ2n) is 7.84. The van der Waals surface area contributed by atoms with Crippen molar-refractivity contribution in [3.8, 4) is 11.5 Å². The van der Waals surface area contributed by atoms with Gasteiger partial charge in [-0.05, 0) is 49.1 Å². The highest BCUT2D eigenvalue weighted by Gasteiger charge is 2.23. The first kappa shape index (κ1) is 20.6. The number of carbonyl (C=O) groups excluding carboxylic acids is 1. The van der Waals surface area contributed by atoms with Crippen LogP contribution in [0.5, 0.6) is 11.5 Å². The van der Waals surface area contributed by atoms with E-state index in [4.69, 9.17) is 19.6 Å².